The fraction of sp³-hybridized carbons (Fsp3) is 0.417. The van der Waals surface area contributed by atoms with Crippen LogP contribution in [0, 0.1) is 17.5 Å². The number of rotatable bonds is 5. The van der Waals surface area contributed by atoms with Crippen LogP contribution in [0.5, 0.6) is 0 Å². The number of Topliss-reactive ketones (excluding diaryl/α,β-unsaturated/α-hetero) is 1. The first kappa shape index (κ1) is 22.8. The first-order valence-electron chi connectivity index (χ1n) is 10.7. The highest BCUT2D eigenvalue weighted by Crippen LogP contribution is 2.34. The quantitative estimate of drug-likeness (QED) is 0.602. The van der Waals surface area contributed by atoms with Gasteiger partial charge in [0.2, 0.25) is 0 Å². The van der Waals surface area contributed by atoms with Crippen molar-refractivity contribution in [3.8, 4) is 0 Å². The van der Waals surface area contributed by atoms with Crippen LogP contribution < -0.4 is 5.32 Å². The van der Waals surface area contributed by atoms with Crippen molar-refractivity contribution < 1.29 is 18.0 Å². The topological polar surface area (TPSA) is 44.7 Å². The molecule has 0 unspecified atom stereocenters. The number of aliphatic imine (C=N–C) groups is 1. The van der Waals surface area contributed by atoms with Gasteiger partial charge in [0, 0.05) is 24.4 Å². The first-order chi connectivity index (χ1) is 15.2. The summed E-state index contributed by atoms with van der Waals surface area (Å²) in [6.45, 7) is 0. The van der Waals surface area contributed by atoms with E-state index in [2.05, 4.69) is 10.2 Å². The Morgan fingerprint density at radius 3 is 2.62 bits per heavy atom. The summed E-state index contributed by atoms with van der Waals surface area (Å²) in [7, 11) is 4.04. The van der Waals surface area contributed by atoms with Crippen molar-refractivity contribution in [3.05, 3.63) is 63.4 Å². The number of hydrogen-bond donors (Lipinski definition) is 1. The van der Waals surface area contributed by atoms with Crippen LogP contribution in [0.15, 0.2) is 29.3 Å². The maximum atomic E-state index is 14.6. The number of halogens is 4. The van der Waals surface area contributed by atoms with Crippen LogP contribution in [0.4, 0.5) is 18.9 Å². The van der Waals surface area contributed by atoms with Crippen LogP contribution in [-0.2, 0) is 12.8 Å². The second kappa shape index (κ2) is 9.24. The Morgan fingerprint density at radius 1 is 1.16 bits per heavy atom. The Labute approximate surface area is 190 Å². The number of amidine groups is 1. The van der Waals surface area contributed by atoms with E-state index in [-0.39, 0.29) is 41.2 Å². The molecular formula is C24H25ClF3N3O. The van der Waals surface area contributed by atoms with E-state index in [9.17, 15) is 18.0 Å². The van der Waals surface area contributed by atoms with Gasteiger partial charge in [0.05, 0.1) is 16.8 Å². The molecule has 170 valence electrons. The van der Waals surface area contributed by atoms with Gasteiger partial charge in [-0.15, -0.1) is 0 Å². The van der Waals surface area contributed by atoms with Crippen LogP contribution >= 0.6 is 11.6 Å². The molecule has 1 aliphatic heterocycles. The Kier molecular flexibility index (Phi) is 6.58. The summed E-state index contributed by atoms with van der Waals surface area (Å²) in [6.07, 6.45) is 4.31. The molecule has 8 heteroatoms. The predicted molar refractivity (Wildman–Crippen MR) is 120 cm³/mol. The number of hydrogen-bond acceptors (Lipinski definition) is 3. The second-order valence-corrected chi connectivity index (χ2v) is 9.09. The van der Waals surface area contributed by atoms with Crippen molar-refractivity contribution in [1.29, 1.82) is 0 Å². The molecule has 0 amide bonds. The van der Waals surface area contributed by atoms with E-state index in [0.717, 1.165) is 31.7 Å². The Hall–Kier alpha value is -2.38. The van der Waals surface area contributed by atoms with Crippen LogP contribution in [0.2, 0.25) is 5.02 Å². The number of likely N-dealkylation sites (N-methyl/N-ethyl adjacent to an activating group) is 1. The molecule has 0 radical (unpaired) electrons. The van der Waals surface area contributed by atoms with Gasteiger partial charge in [-0.2, -0.15) is 0 Å². The van der Waals surface area contributed by atoms with Gasteiger partial charge in [0.15, 0.2) is 17.4 Å². The number of carbonyl (C=O) groups excluding carboxylic acids is 1. The molecule has 0 aromatic heterocycles. The summed E-state index contributed by atoms with van der Waals surface area (Å²) >= 11 is 5.80. The van der Waals surface area contributed by atoms with Crippen LogP contribution in [0.25, 0.3) is 0 Å². The molecule has 0 spiro atoms. The van der Waals surface area contributed by atoms with Gasteiger partial charge < -0.3 is 10.2 Å². The summed E-state index contributed by atoms with van der Waals surface area (Å²) in [4.78, 5) is 20.0. The third kappa shape index (κ3) is 4.55. The van der Waals surface area contributed by atoms with Crippen molar-refractivity contribution in [2.24, 2.45) is 4.99 Å². The lowest BCUT2D eigenvalue weighted by Gasteiger charge is -2.34. The van der Waals surface area contributed by atoms with E-state index in [1.54, 1.807) is 0 Å². The average Bonchev–Trinajstić information content (AvgIpc) is 3.17. The highest BCUT2D eigenvalue weighted by atomic mass is 35.5. The highest BCUT2D eigenvalue weighted by molar-refractivity contribution is 6.30. The smallest absolute Gasteiger partial charge is 0.182 e. The van der Waals surface area contributed by atoms with E-state index in [0.29, 0.717) is 17.0 Å². The van der Waals surface area contributed by atoms with Gasteiger partial charge in [0.1, 0.15) is 11.7 Å². The van der Waals surface area contributed by atoms with Gasteiger partial charge in [0.25, 0.3) is 0 Å². The molecule has 2 aliphatic rings. The molecule has 0 saturated heterocycles. The minimum absolute atomic E-state index is 0.0264. The zero-order valence-corrected chi connectivity index (χ0v) is 18.8. The van der Waals surface area contributed by atoms with Crippen molar-refractivity contribution >= 4 is 28.9 Å². The molecule has 4 nitrogen and oxygen atoms in total. The number of anilines is 1. The zero-order valence-electron chi connectivity index (χ0n) is 18.0. The summed E-state index contributed by atoms with van der Waals surface area (Å²) in [5.41, 5.74) is 0.972. The molecule has 4 rings (SSSR count). The fourth-order valence-corrected chi connectivity index (χ4v) is 4.84. The standard InChI is InChI=1S/C24H25ClF3N3O/c1-31(2)20-6-4-3-5-19(20)29-22-12-15-14(11-18(27)23(28)24(15)30-22)21(32)10-13-7-8-17(26)16(25)9-13/h7-9,11,19-20H,3-6,10,12H2,1-2H3,(H,29,30)/t19-,20-/m0/s1. The summed E-state index contributed by atoms with van der Waals surface area (Å²) in [6, 6.07) is 5.28. The molecule has 32 heavy (non-hydrogen) atoms. The molecule has 1 N–H and O–H groups in total. The maximum absolute atomic E-state index is 14.6. The van der Waals surface area contributed by atoms with E-state index >= 15 is 0 Å². The fourth-order valence-electron chi connectivity index (χ4n) is 4.64. The lowest BCUT2D eigenvalue weighted by molar-refractivity contribution is 0.0992. The van der Waals surface area contributed by atoms with E-state index < -0.39 is 23.2 Å². The second-order valence-electron chi connectivity index (χ2n) is 8.68. The predicted octanol–water partition coefficient (Wildman–Crippen LogP) is 5.42. The first-order valence-corrected chi connectivity index (χ1v) is 11.1. The SMILES string of the molecule is CN(C)[C@H]1CCCC[C@@H]1N=C1Cc2c(C(=O)Cc3ccc(F)c(Cl)c3)cc(F)c(F)c2N1. The Bertz CT molecular complexity index is 1090. The maximum Gasteiger partial charge on any atom is 0.182 e. The normalized spacial score (nSPS) is 21.7. The summed E-state index contributed by atoms with van der Waals surface area (Å²) < 4.78 is 42.3. The molecule has 1 heterocycles. The van der Waals surface area contributed by atoms with Gasteiger partial charge in [-0.1, -0.05) is 30.5 Å². The third-order valence-electron chi connectivity index (χ3n) is 6.27. The van der Waals surface area contributed by atoms with Crippen molar-refractivity contribution in [2.75, 3.05) is 19.4 Å². The summed E-state index contributed by atoms with van der Waals surface area (Å²) in [5.74, 6) is -2.54. The lowest BCUT2D eigenvalue weighted by Crippen LogP contribution is -2.41. The molecule has 1 saturated carbocycles. The largest absolute Gasteiger partial charge is 0.341 e. The highest BCUT2D eigenvalue weighted by Gasteiger charge is 2.31. The van der Waals surface area contributed by atoms with Crippen molar-refractivity contribution in [1.82, 2.24) is 4.90 Å². The monoisotopic (exact) mass is 463 g/mol. The third-order valence-corrected chi connectivity index (χ3v) is 6.56. The van der Waals surface area contributed by atoms with Gasteiger partial charge >= 0.3 is 0 Å². The molecule has 2 aromatic rings. The van der Waals surface area contributed by atoms with Crippen molar-refractivity contribution in [2.45, 2.75) is 50.6 Å². The van der Waals surface area contributed by atoms with Crippen molar-refractivity contribution in [3.63, 3.8) is 0 Å². The molecular weight excluding hydrogens is 439 g/mol. The zero-order chi connectivity index (χ0) is 23.0. The van der Waals surface area contributed by atoms with Crippen LogP contribution in [0.3, 0.4) is 0 Å². The number of carbonyl (C=O) groups is 1. The lowest BCUT2D eigenvalue weighted by atomic mass is 9.90. The van der Waals surface area contributed by atoms with E-state index in [1.807, 2.05) is 14.1 Å². The number of benzene rings is 2. The number of fused-ring (bicyclic) bond motifs is 1. The molecule has 2 atom stereocenters. The average molecular weight is 464 g/mol. The minimum atomic E-state index is -1.10. The molecule has 2 aromatic carbocycles. The molecule has 1 aliphatic carbocycles. The molecule has 1 fully saturated rings. The van der Waals surface area contributed by atoms with Crippen LogP contribution in [0.1, 0.15) is 47.2 Å². The minimum Gasteiger partial charge on any atom is -0.341 e. The van der Waals surface area contributed by atoms with Gasteiger partial charge in [-0.25, -0.2) is 13.2 Å². The summed E-state index contributed by atoms with van der Waals surface area (Å²) in [5, 5.41) is 2.83. The number of ketones is 1. The van der Waals surface area contributed by atoms with Gasteiger partial charge in [-0.3, -0.25) is 9.79 Å². The number of nitrogens with zero attached hydrogens (tertiary/aromatic N) is 2. The van der Waals surface area contributed by atoms with Gasteiger partial charge in [-0.05, 0) is 56.3 Å². The van der Waals surface area contributed by atoms with E-state index in [1.165, 1.54) is 18.2 Å². The number of nitrogens with one attached hydrogen (secondary N) is 1. The van der Waals surface area contributed by atoms with E-state index in [4.69, 9.17) is 16.6 Å². The Balaban J connectivity index is 1.62. The molecule has 0 bridgehead atoms. The van der Waals surface area contributed by atoms with Crippen LogP contribution in [-0.4, -0.2) is 42.7 Å². The Morgan fingerprint density at radius 2 is 1.91 bits per heavy atom.